The van der Waals surface area contributed by atoms with Crippen LogP contribution in [0.15, 0.2) is 30.3 Å². The second-order valence-corrected chi connectivity index (χ2v) is 6.84. The maximum Gasteiger partial charge on any atom is 0.407 e. The summed E-state index contributed by atoms with van der Waals surface area (Å²) < 4.78 is 10.5. The van der Waals surface area contributed by atoms with Crippen LogP contribution in [0.25, 0.3) is 0 Å². The van der Waals surface area contributed by atoms with E-state index >= 15 is 0 Å². The molecular weight excluding hydrogens is 334 g/mol. The van der Waals surface area contributed by atoms with Crippen molar-refractivity contribution in [3.63, 3.8) is 0 Å². The molecule has 2 amide bonds. The normalized spacial score (nSPS) is 19.0. The molecule has 2 aliphatic rings. The molecule has 26 heavy (non-hydrogen) atoms. The average Bonchev–Trinajstić information content (AvgIpc) is 2.65. The third kappa shape index (κ3) is 4.95. The number of nitrogens with one attached hydrogen (secondary N) is 1. The minimum Gasteiger partial charge on any atom is -0.445 e. The van der Waals surface area contributed by atoms with Gasteiger partial charge in [-0.1, -0.05) is 30.3 Å². The Morgan fingerprint density at radius 2 is 1.85 bits per heavy atom. The lowest BCUT2D eigenvalue weighted by Gasteiger charge is -2.47. The van der Waals surface area contributed by atoms with E-state index in [1.165, 1.54) is 0 Å². The number of nitrogens with zero attached hydrogens (tertiary/aromatic N) is 2. The van der Waals surface area contributed by atoms with Gasteiger partial charge in [0.1, 0.15) is 13.2 Å². The van der Waals surface area contributed by atoms with Gasteiger partial charge in [-0.15, -0.1) is 0 Å². The van der Waals surface area contributed by atoms with Gasteiger partial charge in [-0.25, -0.2) is 4.79 Å². The highest BCUT2D eigenvalue weighted by Gasteiger charge is 2.36. The number of alkyl carbamates (subject to hydrolysis) is 1. The van der Waals surface area contributed by atoms with E-state index in [9.17, 15) is 9.59 Å². The SMILES string of the molecule is COC1CCN(C2CN(C(=O)CNC(=O)OCc3ccccc3)C2)CC1. The van der Waals surface area contributed by atoms with Crippen LogP contribution in [0.2, 0.25) is 0 Å². The van der Waals surface area contributed by atoms with Crippen molar-refractivity contribution in [3.8, 4) is 0 Å². The maximum atomic E-state index is 12.1. The van der Waals surface area contributed by atoms with Gasteiger partial charge in [0.25, 0.3) is 0 Å². The van der Waals surface area contributed by atoms with Crippen LogP contribution >= 0.6 is 0 Å². The first-order chi connectivity index (χ1) is 12.7. The van der Waals surface area contributed by atoms with Crippen molar-refractivity contribution in [1.82, 2.24) is 15.1 Å². The van der Waals surface area contributed by atoms with Crippen LogP contribution in [0.3, 0.4) is 0 Å². The average molecular weight is 361 g/mol. The first-order valence-corrected chi connectivity index (χ1v) is 9.15. The Labute approximate surface area is 154 Å². The number of amides is 2. The summed E-state index contributed by atoms with van der Waals surface area (Å²) in [4.78, 5) is 28.1. The molecule has 0 aliphatic carbocycles. The van der Waals surface area contributed by atoms with E-state index in [4.69, 9.17) is 9.47 Å². The Balaban J connectivity index is 1.29. The van der Waals surface area contributed by atoms with E-state index < -0.39 is 6.09 Å². The van der Waals surface area contributed by atoms with Gasteiger partial charge in [-0.05, 0) is 18.4 Å². The summed E-state index contributed by atoms with van der Waals surface area (Å²) in [5.74, 6) is -0.0651. The number of hydrogen-bond acceptors (Lipinski definition) is 5. The van der Waals surface area contributed by atoms with Crippen molar-refractivity contribution in [3.05, 3.63) is 35.9 Å². The predicted octanol–water partition coefficient (Wildman–Crippen LogP) is 1.23. The zero-order chi connectivity index (χ0) is 18.4. The molecule has 0 saturated carbocycles. The summed E-state index contributed by atoms with van der Waals surface area (Å²) in [6, 6.07) is 9.88. The summed E-state index contributed by atoms with van der Waals surface area (Å²) in [5.41, 5.74) is 0.914. The molecule has 3 rings (SSSR count). The van der Waals surface area contributed by atoms with E-state index in [1.807, 2.05) is 30.3 Å². The topological polar surface area (TPSA) is 71.1 Å². The smallest absolute Gasteiger partial charge is 0.407 e. The molecule has 2 saturated heterocycles. The van der Waals surface area contributed by atoms with E-state index in [2.05, 4.69) is 10.2 Å². The summed E-state index contributed by atoms with van der Waals surface area (Å²) >= 11 is 0. The van der Waals surface area contributed by atoms with Crippen LogP contribution in [0.4, 0.5) is 4.79 Å². The van der Waals surface area contributed by atoms with Gasteiger partial charge in [-0.2, -0.15) is 0 Å². The summed E-state index contributed by atoms with van der Waals surface area (Å²) in [7, 11) is 1.77. The lowest BCUT2D eigenvalue weighted by Crippen LogP contribution is -2.63. The molecule has 2 fully saturated rings. The molecule has 2 heterocycles. The highest BCUT2D eigenvalue weighted by atomic mass is 16.5. The number of rotatable bonds is 6. The van der Waals surface area contributed by atoms with Crippen molar-refractivity contribution in [2.45, 2.75) is 31.6 Å². The lowest BCUT2D eigenvalue weighted by atomic mass is 10.0. The Kier molecular flexibility index (Phi) is 6.46. The van der Waals surface area contributed by atoms with Gasteiger partial charge >= 0.3 is 6.09 Å². The van der Waals surface area contributed by atoms with Crippen LogP contribution in [0.1, 0.15) is 18.4 Å². The quantitative estimate of drug-likeness (QED) is 0.825. The van der Waals surface area contributed by atoms with Crippen molar-refractivity contribution in [1.29, 1.82) is 0 Å². The van der Waals surface area contributed by atoms with Crippen molar-refractivity contribution in [2.24, 2.45) is 0 Å². The largest absolute Gasteiger partial charge is 0.445 e. The molecule has 7 nitrogen and oxygen atoms in total. The van der Waals surface area contributed by atoms with E-state index in [0.717, 1.165) is 44.6 Å². The number of methoxy groups -OCH3 is 1. The van der Waals surface area contributed by atoms with E-state index in [-0.39, 0.29) is 19.1 Å². The van der Waals surface area contributed by atoms with Gasteiger partial charge < -0.3 is 19.7 Å². The number of piperidine rings is 1. The van der Waals surface area contributed by atoms with Crippen LogP contribution < -0.4 is 5.32 Å². The standard InChI is InChI=1S/C19H27N3O4/c1-25-17-7-9-21(10-8-17)16-12-22(13-16)18(23)11-20-19(24)26-14-15-5-3-2-4-6-15/h2-6,16-17H,7-14H2,1H3,(H,20,24). The number of hydrogen-bond donors (Lipinski definition) is 1. The zero-order valence-electron chi connectivity index (χ0n) is 15.2. The molecule has 1 N–H and O–H groups in total. The minimum absolute atomic E-state index is 0.0217. The summed E-state index contributed by atoms with van der Waals surface area (Å²) in [5, 5.41) is 2.53. The highest BCUT2D eigenvalue weighted by Crippen LogP contribution is 2.21. The number of carbonyl (C=O) groups is 2. The minimum atomic E-state index is -0.569. The van der Waals surface area contributed by atoms with Gasteiger partial charge in [0.15, 0.2) is 0 Å². The molecule has 0 radical (unpaired) electrons. The van der Waals surface area contributed by atoms with Gasteiger partial charge in [0, 0.05) is 39.3 Å². The fourth-order valence-corrected chi connectivity index (χ4v) is 3.40. The third-order valence-electron chi connectivity index (χ3n) is 5.14. The Morgan fingerprint density at radius 1 is 1.15 bits per heavy atom. The number of benzene rings is 1. The van der Waals surface area contributed by atoms with Crippen LogP contribution in [-0.4, -0.2) is 73.8 Å². The number of carbonyl (C=O) groups excluding carboxylic acids is 2. The lowest BCUT2D eigenvalue weighted by molar-refractivity contribution is -0.138. The second-order valence-electron chi connectivity index (χ2n) is 6.84. The number of ether oxygens (including phenoxy) is 2. The number of likely N-dealkylation sites (tertiary alicyclic amines) is 2. The molecule has 2 aliphatic heterocycles. The van der Waals surface area contributed by atoms with Crippen molar-refractivity contribution in [2.75, 3.05) is 39.8 Å². The van der Waals surface area contributed by atoms with Crippen LogP contribution in [-0.2, 0) is 20.9 Å². The summed E-state index contributed by atoms with van der Waals surface area (Å²) in [6.45, 7) is 3.69. The Morgan fingerprint density at radius 3 is 2.50 bits per heavy atom. The Bertz CT molecular complexity index is 596. The van der Waals surface area contributed by atoms with E-state index in [1.54, 1.807) is 12.0 Å². The molecule has 0 aromatic heterocycles. The molecular formula is C19H27N3O4. The Hall–Kier alpha value is -2.12. The molecule has 0 atom stereocenters. The summed E-state index contributed by atoms with van der Waals surface area (Å²) in [6.07, 6.45) is 1.90. The molecule has 142 valence electrons. The monoisotopic (exact) mass is 361 g/mol. The first-order valence-electron chi connectivity index (χ1n) is 9.15. The van der Waals surface area contributed by atoms with Gasteiger partial charge in [0.2, 0.25) is 5.91 Å². The highest BCUT2D eigenvalue weighted by molar-refractivity contribution is 5.82. The van der Waals surface area contributed by atoms with Crippen LogP contribution in [0, 0.1) is 0 Å². The third-order valence-corrected chi connectivity index (χ3v) is 5.14. The van der Waals surface area contributed by atoms with Crippen molar-refractivity contribution < 1.29 is 19.1 Å². The second kappa shape index (κ2) is 9.00. The van der Waals surface area contributed by atoms with Gasteiger partial charge in [0.05, 0.1) is 6.10 Å². The van der Waals surface area contributed by atoms with Crippen LogP contribution in [0.5, 0.6) is 0 Å². The molecule has 0 bridgehead atoms. The van der Waals surface area contributed by atoms with E-state index in [0.29, 0.717) is 12.1 Å². The molecule has 0 unspecified atom stereocenters. The molecule has 0 spiro atoms. The molecule has 1 aromatic carbocycles. The molecule has 7 heteroatoms. The predicted molar refractivity (Wildman–Crippen MR) is 96.6 cm³/mol. The fourth-order valence-electron chi connectivity index (χ4n) is 3.40. The molecule has 1 aromatic rings. The van der Waals surface area contributed by atoms with Crippen molar-refractivity contribution >= 4 is 12.0 Å². The fraction of sp³-hybridized carbons (Fsp3) is 0.579. The first kappa shape index (κ1) is 18.7. The zero-order valence-corrected chi connectivity index (χ0v) is 15.2. The maximum absolute atomic E-state index is 12.1. The van der Waals surface area contributed by atoms with Gasteiger partial charge in [-0.3, -0.25) is 9.69 Å².